The molecule has 1 fully saturated rings. The number of anilines is 1. The Hall–Kier alpha value is -2.04. The van der Waals surface area contributed by atoms with Gasteiger partial charge in [0.05, 0.1) is 5.69 Å². The molecule has 5 nitrogen and oxygen atoms in total. The summed E-state index contributed by atoms with van der Waals surface area (Å²) >= 11 is 0. The van der Waals surface area contributed by atoms with Gasteiger partial charge < -0.3 is 10.1 Å². The van der Waals surface area contributed by atoms with E-state index in [2.05, 4.69) is 12.2 Å². The first-order chi connectivity index (χ1) is 11.0. The summed E-state index contributed by atoms with van der Waals surface area (Å²) in [6.45, 7) is 4.19. The lowest BCUT2D eigenvalue weighted by Crippen LogP contribution is -2.49. The van der Waals surface area contributed by atoms with Crippen molar-refractivity contribution >= 4 is 17.5 Å². The van der Waals surface area contributed by atoms with Crippen LogP contribution in [0.4, 0.5) is 5.69 Å². The van der Waals surface area contributed by atoms with E-state index in [1.807, 2.05) is 25.1 Å². The van der Waals surface area contributed by atoms with Crippen LogP contribution in [-0.4, -0.2) is 31.0 Å². The van der Waals surface area contributed by atoms with Gasteiger partial charge in [0, 0.05) is 6.04 Å². The number of hydrogen-bond acceptors (Lipinski definition) is 3. The van der Waals surface area contributed by atoms with Gasteiger partial charge in [-0.05, 0) is 43.4 Å². The molecule has 0 radical (unpaired) electrons. The van der Waals surface area contributed by atoms with Crippen LogP contribution in [0.5, 0.6) is 5.75 Å². The average Bonchev–Trinajstić information content (AvgIpc) is 2.52. The molecular formula is C18H24N2O3. The summed E-state index contributed by atoms with van der Waals surface area (Å²) < 4.78 is 5.45. The van der Waals surface area contributed by atoms with Crippen LogP contribution in [0.2, 0.25) is 0 Å². The Bertz CT molecular complexity index is 614. The summed E-state index contributed by atoms with van der Waals surface area (Å²) in [6, 6.07) is 5.91. The monoisotopic (exact) mass is 316 g/mol. The Balaban J connectivity index is 1.70. The molecular weight excluding hydrogens is 292 g/mol. The van der Waals surface area contributed by atoms with Gasteiger partial charge in [-0.25, -0.2) is 0 Å². The van der Waals surface area contributed by atoms with Crippen molar-refractivity contribution in [3.63, 3.8) is 0 Å². The normalized spacial score (nSPS) is 23.9. The van der Waals surface area contributed by atoms with Gasteiger partial charge in [-0.3, -0.25) is 14.5 Å². The second kappa shape index (κ2) is 6.60. The van der Waals surface area contributed by atoms with E-state index in [0.29, 0.717) is 17.4 Å². The summed E-state index contributed by atoms with van der Waals surface area (Å²) in [5.74, 6) is 0.901. The van der Waals surface area contributed by atoms with Crippen LogP contribution in [0.3, 0.4) is 0 Å². The van der Waals surface area contributed by atoms with Gasteiger partial charge in [-0.1, -0.05) is 25.8 Å². The number of fused-ring (bicyclic) bond motifs is 1. The number of rotatable bonds is 3. The Morgan fingerprint density at radius 1 is 1.35 bits per heavy atom. The molecule has 1 aliphatic carbocycles. The zero-order valence-electron chi connectivity index (χ0n) is 13.8. The molecule has 23 heavy (non-hydrogen) atoms. The fourth-order valence-corrected chi connectivity index (χ4v) is 3.41. The van der Waals surface area contributed by atoms with Gasteiger partial charge in [0.15, 0.2) is 6.61 Å². The molecule has 0 bridgehead atoms. The van der Waals surface area contributed by atoms with Crippen LogP contribution in [0, 0.1) is 12.8 Å². The highest BCUT2D eigenvalue weighted by molar-refractivity contribution is 6.02. The quantitative estimate of drug-likeness (QED) is 0.931. The smallest absolute Gasteiger partial charge is 0.265 e. The summed E-state index contributed by atoms with van der Waals surface area (Å²) in [6.07, 6.45) is 4.58. The van der Waals surface area contributed by atoms with Crippen molar-refractivity contribution in [2.24, 2.45) is 5.92 Å². The van der Waals surface area contributed by atoms with E-state index in [9.17, 15) is 9.59 Å². The zero-order chi connectivity index (χ0) is 16.4. The molecule has 0 saturated heterocycles. The summed E-state index contributed by atoms with van der Waals surface area (Å²) in [4.78, 5) is 26.1. The lowest BCUT2D eigenvalue weighted by molar-refractivity contribution is -0.126. The lowest BCUT2D eigenvalue weighted by atomic mass is 9.86. The van der Waals surface area contributed by atoms with Crippen LogP contribution in [-0.2, 0) is 9.59 Å². The van der Waals surface area contributed by atoms with Crippen molar-refractivity contribution < 1.29 is 14.3 Å². The van der Waals surface area contributed by atoms with Crippen molar-refractivity contribution in [1.29, 1.82) is 0 Å². The molecule has 0 unspecified atom stereocenters. The molecule has 2 amide bonds. The van der Waals surface area contributed by atoms with Crippen LogP contribution in [0.1, 0.15) is 38.2 Å². The molecule has 5 heteroatoms. The molecule has 1 aromatic carbocycles. The van der Waals surface area contributed by atoms with Crippen LogP contribution in [0.15, 0.2) is 18.2 Å². The second-order valence-corrected chi connectivity index (χ2v) is 6.68. The Labute approximate surface area is 137 Å². The van der Waals surface area contributed by atoms with E-state index in [1.165, 1.54) is 11.3 Å². The van der Waals surface area contributed by atoms with Gasteiger partial charge in [-0.2, -0.15) is 0 Å². The van der Waals surface area contributed by atoms with Crippen LogP contribution in [0.25, 0.3) is 0 Å². The largest absolute Gasteiger partial charge is 0.482 e. The lowest BCUT2D eigenvalue weighted by Gasteiger charge is -2.32. The summed E-state index contributed by atoms with van der Waals surface area (Å²) in [5, 5.41) is 3.11. The van der Waals surface area contributed by atoms with E-state index in [0.717, 1.165) is 24.8 Å². The molecule has 1 aliphatic heterocycles. The fraction of sp³-hybridized carbons (Fsp3) is 0.556. The first-order valence-electron chi connectivity index (χ1n) is 8.38. The maximum atomic E-state index is 12.4. The van der Waals surface area contributed by atoms with Gasteiger partial charge in [0.2, 0.25) is 5.91 Å². The molecule has 2 aliphatic rings. The van der Waals surface area contributed by atoms with E-state index < -0.39 is 0 Å². The van der Waals surface area contributed by atoms with E-state index in [1.54, 1.807) is 0 Å². The van der Waals surface area contributed by atoms with Crippen molar-refractivity contribution in [3.05, 3.63) is 23.8 Å². The summed E-state index contributed by atoms with van der Waals surface area (Å²) in [7, 11) is 0. The third-order valence-corrected chi connectivity index (χ3v) is 4.82. The topological polar surface area (TPSA) is 58.6 Å². The van der Waals surface area contributed by atoms with E-state index >= 15 is 0 Å². The molecule has 0 spiro atoms. The average molecular weight is 316 g/mol. The highest BCUT2D eigenvalue weighted by atomic mass is 16.5. The first-order valence-corrected chi connectivity index (χ1v) is 8.38. The molecule has 2 atom stereocenters. The molecule has 1 N–H and O–H groups in total. The maximum absolute atomic E-state index is 12.4. The SMILES string of the molecule is Cc1ccc2c(c1)N(CC(=O)N[C@H]1CCCC[C@@H]1C)C(=O)CO2. The van der Waals surface area contributed by atoms with E-state index in [-0.39, 0.29) is 31.0 Å². The number of hydrogen-bond donors (Lipinski definition) is 1. The van der Waals surface area contributed by atoms with Crippen LogP contribution < -0.4 is 15.0 Å². The predicted octanol–water partition coefficient (Wildman–Crippen LogP) is 2.42. The third kappa shape index (κ3) is 3.49. The minimum Gasteiger partial charge on any atom is -0.482 e. The van der Waals surface area contributed by atoms with Crippen molar-refractivity contribution in [1.82, 2.24) is 5.32 Å². The Morgan fingerprint density at radius 2 is 2.13 bits per heavy atom. The fourth-order valence-electron chi connectivity index (χ4n) is 3.41. The Kier molecular flexibility index (Phi) is 4.55. The van der Waals surface area contributed by atoms with Gasteiger partial charge in [0.1, 0.15) is 12.3 Å². The minimum absolute atomic E-state index is 0.0107. The molecule has 1 saturated carbocycles. The zero-order valence-corrected chi connectivity index (χ0v) is 13.8. The highest BCUT2D eigenvalue weighted by Crippen LogP contribution is 2.32. The van der Waals surface area contributed by atoms with Crippen LogP contribution >= 0.6 is 0 Å². The highest BCUT2D eigenvalue weighted by Gasteiger charge is 2.29. The number of carbonyl (C=O) groups is 2. The van der Waals surface area contributed by atoms with E-state index in [4.69, 9.17) is 4.74 Å². The molecule has 1 heterocycles. The number of carbonyl (C=O) groups excluding carboxylic acids is 2. The number of nitrogens with one attached hydrogen (secondary N) is 1. The van der Waals surface area contributed by atoms with Crippen molar-refractivity contribution in [2.75, 3.05) is 18.1 Å². The number of benzene rings is 1. The minimum atomic E-state index is -0.171. The molecule has 3 rings (SSSR count). The second-order valence-electron chi connectivity index (χ2n) is 6.68. The maximum Gasteiger partial charge on any atom is 0.265 e. The van der Waals surface area contributed by atoms with Gasteiger partial charge in [0.25, 0.3) is 5.91 Å². The standard InChI is InChI=1S/C18H24N2O3/c1-12-7-8-16-15(9-12)20(18(22)11-23-16)10-17(21)19-14-6-4-3-5-13(14)2/h7-9,13-14H,3-6,10-11H2,1-2H3,(H,19,21)/t13-,14-/m0/s1. The van der Waals surface area contributed by atoms with Gasteiger partial charge in [-0.15, -0.1) is 0 Å². The molecule has 0 aromatic heterocycles. The van der Waals surface area contributed by atoms with Crippen molar-refractivity contribution in [2.45, 2.75) is 45.6 Å². The number of amides is 2. The number of nitrogens with zero attached hydrogens (tertiary/aromatic N) is 1. The predicted molar refractivity (Wildman–Crippen MR) is 88.6 cm³/mol. The van der Waals surface area contributed by atoms with Crippen molar-refractivity contribution in [3.8, 4) is 5.75 Å². The third-order valence-electron chi connectivity index (χ3n) is 4.82. The molecule has 1 aromatic rings. The number of aryl methyl sites for hydroxylation is 1. The number of ether oxygens (including phenoxy) is 1. The Morgan fingerprint density at radius 3 is 2.91 bits per heavy atom. The van der Waals surface area contributed by atoms with Gasteiger partial charge >= 0.3 is 0 Å². The first kappa shape index (κ1) is 15.8. The molecule has 124 valence electrons. The summed E-state index contributed by atoms with van der Waals surface area (Å²) in [5.41, 5.74) is 1.72.